The molecule has 2 aliphatic rings. The second-order valence-corrected chi connectivity index (χ2v) is 7.54. The van der Waals surface area contributed by atoms with E-state index in [0.717, 1.165) is 18.4 Å². The minimum Gasteiger partial charge on any atom is -0.454 e. The number of nitrogens with zero attached hydrogens (tertiary/aromatic N) is 3. The Kier molecular flexibility index (Phi) is 4.60. The maximum absolute atomic E-state index is 12.8. The zero-order valence-corrected chi connectivity index (χ0v) is 16.3. The molecule has 29 heavy (non-hydrogen) atoms. The number of carbonyl (C=O) groups excluding carboxylic acids is 1. The van der Waals surface area contributed by atoms with Gasteiger partial charge in [-0.1, -0.05) is 28.9 Å². The molecule has 0 aliphatic carbocycles. The molecule has 2 aliphatic heterocycles. The van der Waals surface area contributed by atoms with Crippen LogP contribution in [0.1, 0.15) is 35.0 Å². The van der Waals surface area contributed by atoms with Gasteiger partial charge in [0.25, 0.3) is 5.91 Å². The first-order chi connectivity index (χ1) is 14.2. The van der Waals surface area contributed by atoms with Crippen LogP contribution < -0.4 is 9.47 Å². The summed E-state index contributed by atoms with van der Waals surface area (Å²) in [4.78, 5) is 19.2. The van der Waals surface area contributed by atoms with Gasteiger partial charge in [-0.3, -0.25) is 4.79 Å². The summed E-state index contributed by atoms with van der Waals surface area (Å²) in [5.74, 6) is 2.55. The van der Waals surface area contributed by atoms with Crippen LogP contribution in [-0.2, 0) is 0 Å². The van der Waals surface area contributed by atoms with Gasteiger partial charge >= 0.3 is 0 Å². The third-order valence-electron chi connectivity index (χ3n) is 5.28. The van der Waals surface area contributed by atoms with Crippen LogP contribution in [-0.4, -0.2) is 40.8 Å². The van der Waals surface area contributed by atoms with Crippen molar-refractivity contribution < 1.29 is 18.8 Å². The number of rotatable bonds is 3. The standard InChI is InChI=1S/C21H18ClN3O4/c22-16-3-1-2-14(10-16)19-23-20(29-24-19)13-6-8-25(9-7-13)21(26)15-4-5-17-18(11-15)28-12-27-17/h1-5,10-11,13H,6-9,12H2. The molecule has 0 saturated carbocycles. The molecule has 1 fully saturated rings. The Balaban J connectivity index is 1.24. The minimum atomic E-state index is -0.00750. The molecular weight excluding hydrogens is 394 g/mol. The van der Waals surface area contributed by atoms with Crippen molar-refractivity contribution in [1.29, 1.82) is 0 Å². The highest BCUT2D eigenvalue weighted by Crippen LogP contribution is 2.34. The van der Waals surface area contributed by atoms with Gasteiger partial charge in [0, 0.05) is 35.2 Å². The molecule has 1 saturated heterocycles. The Morgan fingerprint density at radius 2 is 1.90 bits per heavy atom. The molecule has 3 aromatic rings. The molecular formula is C21H18ClN3O4. The third kappa shape index (κ3) is 3.53. The lowest BCUT2D eigenvalue weighted by Gasteiger charge is -2.30. The van der Waals surface area contributed by atoms with Gasteiger partial charge in [-0.05, 0) is 43.2 Å². The number of hydrogen-bond acceptors (Lipinski definition) is 6. The van der Waals surface area contributed by atoms with E-state index >= 15 is 0 Å². The molecule has 0 N–H and O–H groups in total. The lowest BCUT2D eigenvalue weighted by molar-refractivity contribution is 0.0704. The number of amides is 1. The maximum Gasteiger partial charge on any atom is 0.253 e. The molecule has 2 aromatic carbocycles. The summed E-state index contributed by atoms with van der Waals surface area (Å²) in [7, 11) is 0. The van der Waals surface area contributed by atoms with E-state index in [2.05, 4.69) is 10.1 Å². The largest absolute Gasteiger partial charge is 0.454 e. The second-order valence-electron chi connectivity index (χ2n) is 7.10. The van der Waals surface area contributed by atoms with Gasteiger partial charge < -0.3 is 18.9 Å². The Morgan fingerprint density at radius 1 is 1.07 bits per heavy atom. The number of halogens is 1. The molecule has 0 spiro atoms. The summed E-state index contributed by atoms with van der Waals surface area (Å²) in [6.45, 7) is 1.46. The van der Waals surface area contributed by atoms with Gasteiger partial charge in [-0.25, -0.2) is 0 Å². The van der Waals surface area contributed by atoms with Crippen LogP contribution in [0.3, 0.4) is 0 Å². The second kappa shape index (κ2) is 7.40. The summed E-state index contributed by atoms with van der Waals surface area (Å²) < 4.78 is 16.2. The van der Waals surface area contributed by atoms with E-state index in [1.165, 1.54) is 0 Å². The van der Waals surface area contributed by atoms with Gasteiger partial charge in [0.15, 0.2) is 11.5 Å². The first-order valence-electron chi connectivity index (χ1n) is 9.46. The molecule has 1 aromatic heterocycles. The van der Waals surface area contributed by atoms with E-state index < -0.39 is 0 Å². The van der Waals surface area contributed by atoms with Crippen molar-refractivity contribution in [3.05, 3.63) is 58.9 Å². The molecule has 148 valence electrons. The van der Waals surface area contributed by atoms with Gasteiger partial charge in [0.1, 0.15) is 0 Å². The van der Waals surface area contributed by atoms with Crippen LogP contribution in [0.15, 0.2) is 47.0 Å². The highest BCUT2D eigenvalue weighted by molar-refractivity contribution is 6.30. The predicted molar refractivity (Wildman–Crippen MR) is 105 cm³/mol. The van der Waals surface area contributed by atoms with Crippen LogP contribution in [0, 0.1) is 0 Å². The number of ether oxygens (including phenoxy) is 2. The van der Waals surface area contributed by atoms with Crippen LogP contribution in [0.25, 0.3) is 11.4 Å². The van der Waals surface area contributed by atoms with Crippen molar-refractivity contribution in [3.8, 4) is 22.9 Å². The SMILES string of the molecule is O=C(c1ccc2c(c1)OCO2)N1CCC(c2nc(-c3cccc(Cl)c3)no2)CC1. The molecule has 0 unspecified atom stereocenters. The molecule has 1 amide bonds. The normalized spacial score (nSPS) is 16.2. The van der Waals surface area contributed by atoms with E-state index in [4.69, 9.17) is 25.6 Å². The molecule has 7 nitrogen and oxygen atoms in total. The highest BCUT2D eigenvalue weighted by Gasteiger charge is 2.29. The van der Waals surface area contributed by atoms with E-state index in [1.54, 1.807) is 24.3 Å². The Labute approximate surface area is 172 Å². The first kappa shape index (κ1) is 18.0. The Hall–Kier alpha value is -3.06. The first-order valence-corrected chi connectivity index (χ1v) is 9.83. The predicted octanol–water partition coefficient (Wildman–Crippen LogP) is 4.14. The van der Waals surface area contributed by atoms with Crippen molar-refractivity contribution >= 4 is 17.5 Å². The van der Waals surface area contributed by atoms with Crippen molar-refractivity contribution in [2.75, 3.05) is 19.9 Å². The fraction of sp³-hybridized carbons (Fsp3) is 0.286. The number of fused-ring (bicyclic) bond motifs is 1. The number of piperidine rings is 1. The van der Waals surface area contributed by atoms with E-state index in [9.17, 15) is 4.79 Å². The average Bonchev–Trinajstić information content (AvgIpc) is 3.42. The zero-order valence-electron chi connectivity index (χ0n) is 15.5. The van der Waals surface area contributed by atoms with E-state index in [1.807, 2.05) is 23.1 Å². The molecule has 3 heterocycles. The molecule has 0 radical (unpaired) electrons. The summed E-state index contributed by atoms with van der Waals surface area (Å²) >= 11 is 6.04. The summed E-state index contributed by atoms with van der Waals surface area (Å²) in [6, 6.07) is 12.7. The lowest BCUT2D eigenvalue weighted by Crippen LogP contribution is -2.38. The van der Waals surface area contributed by atoms with Crippen molar-refractivity contribution in [2.45, 2.75) is 18.8 Å². The monoisotopic (exact) mass is 411 g/mol. The van der Waals surface area contributed by atoms with Gasteiger partial charge in [0.2, 0.25) is 18.5 Å². The van der Waals surface area contributed by atoms with E-state index in [0.29, 0.717) is 46.9 Å². The summed E-state index contributed by atoms with van der Waals surface area (Å²) in [6.07, 6.45) is 1.54. The van der Waals surface area contributed by atoms with Crippen LogP contribution in [0.5, 0.6) is 11.5 Å². The lowest BCUT2D eigenvalue weighted by atomic mass is 9.96. The van der Waals surface area contributed by atoms with Gasteiger partial charge in [-0.2, -0.15) is 4.98 Å². The van der Waals surface area contributed by atoms with Crippen molar-refractivity contribution in [3.63, 3.8) is 0 Å². The number of hydrogen-bond donors (Lipinski definition) is 0. The van der Waals surface area contributed by atoms with Crippen LogP contribution >= 0.6 is 11.6 Å². The fourth-order valence-corrected chi connectivity index (χ4v) is 3.88. The maximum atomic E-state index is 12.8. The fourth-order valence-electron chi connectivity index (χ4n) is 3.69. The average molecular weight is 412 g/mol. The number of benzene rings is 2. The Bertz CT molecular complexity index is 1060. The number of likely N-dealkylation sites (tertiary alicyclic amines) is 1. The summed E-state index contributed by atoms with van der Waals surface area (Å²) in [5.41, 5.74) is 1.43. The number of aromatic nitrogens is 2. The topological polar surface area (TPSA) is 77.7 Å². The van der Waals surface area contributed by atoms with Crippen molar-refractivity contribution in [2.24, 2.45) is 0 Å². The number of carbonyl (C=O) groups is 1. The minimum absolute atomic E-state index is 0.00750. The smallest absolute Gasteiger partial charge is 0.253 e. The molecule has 0 bridgehead atoms. The molecule has 5 rings (SSSR count). The quantitative estimate of drug-likeness (QED) is 0.644. The van der Waals surface area contributed by atoms with E-state index in [-0.39, 0.29) is 18.6 Å². The zero-order chi connectivity index (χ0) is 19.8. The van der Waals surface area contributed by atoms with Gasteiger partial charge in [-0.15, -0.1) is 0 Å². The molecule has 0 atom stereocenters. The van der Waals surface area contributed by atoms with Gasteiger partial charge in [0.05, 0.1) is 0 Å². The summed E-state index contributed by atoms with van der Waals surface area (Å²) in [5, 5.41) is 4.72. The Morgan fingerprint density at radius 3 is 2.72 bits per heavy atom. The van der Waals surface area contributed by atoms with Crippen molar-refractivity contribution in [1.82, 2.24) is 15.0 Å². The highest BCUT2D eigenvalue weighted by atomic mass is 35.5. The van der Waals surface area contributed by atoms with Crippen LogP contribution in [0.4, 0.5) is 0 Å². The molecule has 8 heteroatoms. The third-order valence-corrected chi connectivity index (χ3v) is 5.51. The van der Waals surface area contributed by atoms with Crippen LogP contribution in [0.2, 0.25) is 5.02 Å².